The lowest BCUT2D eigenvalue weighted by Gasteiger charge is -2.42. The van der Waals surface area contributed by atoms with Crippen LogP contribution in [0.5, 0.6) is 0 Å². The molecule has 0 aromatic heterocycles. The highest BCUT2D eigenvalue weighted by Crippen LogP contribution is 2.46. The van der Waals surface area contributed by atoms with Gasteiger partial charge in [0.2, 0.25) is 0 Å². The summed E-state index contributed by atoms with van der Waals surface area (Å²) in [6, 6.07) is 0. The van der Waals surface area contributed by atoms with Crippen LogP contribution in [-0.4, -0.2) is 0 Å². The fourth-order valence-corrected chi connectivity index (χ4v) is 4.61. The van der Waals surface area contributed by atoms with Gasteiger partial charge in [-0.05, 0) is 88.9 Å². The van der Waals surface area contributed by atoms with Gasteiger partial charge in [0, 0.05) is 0 Å². The Morgan fingerprint density at radius 2 is 1.15 bits per heavy atom. The van der Waals surface area contributed by atoms with Gasteiger partial charge in [-0.3, -0.25) is 0 Å². The maximum atomic E-state index is 2.35. The van der Waals surface area contributed by atoms with Crippen molar-refractivity contribution in [3.8, 4) is 0 Å². The van der Waals surface area contributed by atoms with Crippen molar-refractivity contribution in [1.82, 2.24) is 0 Å². The van der Waals surface area contributed by atoms with Gasteiger partial charge in [-0.2, -0.15) is 0 Å². The molecule has 0 N–H and O–H groups in total. The molecule has 0 bridgehead atoms. The molecule has 2 saturated carbocycles. The molecule has 0 aromatic rings. The van der Waals surface area contributed by atoms with Gasteiger partial charge >= 0.3 is 0 Å². The maximum absolute atomic E-state index is 2.35. The summed E-state index contributed by atoms with van der Waals surface area (Å²) >= 11 is 0. The molecule has 0 nitrogen and oxygen atoms in total. The molecule has 0 spiro atoms. The molecule has 0 amide bonds. The number of hydrogen-bond donors (Lipinski definition) is 0. The second-order valence-corrected chi connectivity index (χ2v) is 7.17. The first kappa shape index (κ1) is 15.9. The van der Waals surface area contributed by atoms with Crippen LogP contribution < -0.4 is 0 Å². The lowest BCUT2D eigenvalue weighted by Crippen LogP contribution is -2.31. The molecule has 0 aromatic carbocycles. The zero-order valence-electron chi connectivity index (χ0n) is 13.7. The van der Waals surface area contributed by atoms with Gasteiger partial charge in [-0.15, -0.1) is 0 Å². The summed E-state index contributed by atoms with van der Waals surface area (Å²) in [4.78, 5) is 0. The Balaban J connectivity index is 1.71. The Hall–Kier alpha value is -0.520. The van der Waals surface area contributed by atoms with Crippen molar-refractivity contribution >= 4 is 0 Å². The average Bonchev–Trinajstić information content (AvgIpc) is 2.48. The van der Waals surface area contributed by atoms with Gasteiger partial charge in [0.15, 0.2) is 0 Å². The molecular formula is C20H34. The van der Waals surface area contributed by atoms with Crippen LogP contribution in [0, 0.1) is 23.7 Å². The first-order valence-electron chi connectivity index (χ1n) is 9.05. The summed E-state index contributed by atoms with van der Waals surface area (Å²) in [5.74, 6) is 4.23. The zero-order chi connectivity index (χ0) is 14.2. The fraction of sp³-hybridized carbons (Fsp3) is 0.800. The fourth-order valence-electron chi connectivity index (χ4n) is 4.61. The van der Waals surface area contributed by atoms with Crippen molar-refractivity contribution in [1.29, 1.82) is 0 Å². The van der Waals surface area contributed by atoms with Crippen LogP contribution in [0.15, 0.2) is 24.3 Å². The van der Waals surface area contributed by atoms with Crippen molar-refractivity contribution in [2.75, 3.05) is 0 Å². The Morgan fingerprint density at radius 1 is 0.700 bits per heavy atom. The highest BCUT2D eigenvalue weighted by molar-refractivity contribution is 4.88. The van der Waals surface area contributed by atoms with Gasteiger partial charge in [-0.1, -0.05) is 37.1 Å². The smallest absolute Gasteiger partial charge is 0.0348 e. The Morgan fingerprint density at radius 3 is 1.55 bits per heavy atom. The summed E-state index contributed by atoms with van der Waals surface area (Å²) < 4.78 is 0. The Bertz CT molecular complexity index is 280. The van der Waals surface area contributed by atoms with E-state index in [1.807, 2.05) is 0 Å². The van der Waals surface area contributed by atoms with Crippen LogP contribution in [0.25, 0.3) is 0 Å². The number of fused-ring (bicyclic) bond motifs is 1. The van der Waals surface area contributed by atoms with E-state index in [4.69, 9.17) is 0 Å². The molecule has 0 heterocycles. The van der Waals surface area contributed by atoms with Crippen LogP contribution in [0.2, 0.25) is 0 Å². The van der Waals surface area contributed by atoms with Crippen molar-refractivity contribution in [2.24, 2.45) is 23.7 Å². The molecule has 4 unspecified atom stereocenters. The predicted octanol–water partition coefficient (Wildman–Crippen LogP) is 6.53. The third kappa shape index (κ3) is 4.79. The molecular weight excluding hydrogens is 240 g/mol. The number of hydrogen-bond acceptors (Lipinski definition) is 0. The monoisotopic (exact) mass is 274 g/mol. The standard InChI is InChI=1S/C20H34/c1-3-5-7-9-17-11-13-20-16-18(10-8-6-4-2)12-14-19(20)15-17/h3-6,17-20H,7-16H2,1-2H3/b5-3+,6-4+. The molecule has 0 heteroatoms. The molecule has 2 rings (SSSR count). The first-order valence-corrected chi connectivity index (χ1v) is 9.05. The van der Waals surface area contributed by atoms with Gasteiger partial charge < -0.3 is 0 Å². The van der Waals surface area contributed by atoms with Crippen molar-refractivity contribution in [3.63, 3.8) is 0 Å². The van der Waals surface area contributed by atoms with Crippen LogP contribution >= 0.6 is 0 Å². The average molecular weight is 274 g/mol. The van der Waals surface area contributed by atoms with Gasteiger partial charge in [0.05, 0.1) is 0 Å². The molecule has 2 fully saturated rings. The molecule has 0 saturated heterocycles. The molecule has 4 atom stereocenters. The van der Waals surface area contributed by atoms with E-state index in [9.17, 15) is 0 Å². The van der Waals surface area contributed by atoms with E-state index in [1.165, 1.54) is 51.4 Å². The summed E-state index contributed by atoms with van der Waals surface area (Å²) in [5, 5.41) is 0. The molecule has 20 heavy (non-hydrogen) atoms. The molecule has 2 aliphatic rings. The van der Waals surface area contributed by atoms with Crippen molar-refractivity contribution in [2.45, 2.75) is 78.1 Å². The van der Waals surface area contributed by atoms with Crippen LogP contribution in [0.1, 0.15) is 78.1 Å². The van der Waals surface area contributed by atoms with Crippen LogP contribution in [0.4, 0.5) is 0 Å². The highest BCUT2D eigenvalue weighted by atomic mass is 14.4. The van der Waals surface area contributed by atoms with E-state index in [-0.39, 0.29) is 0 Å². The van der Waals surface area contributed by atoms with E-state index in [0.29, 0.717) is 0 Å². The SMILES string of the molecule is C/C=C/CCC1CCC2CC(CC/C=C/C)CCC2C1. The minimum Gasteiger partial charge on any atom is -0.0917 e. The summed E-state index contributed by atoms with van der Waals surface area (Å²) in [7, 11) is 0. The molecule has 0 aliphatic heterocycles. The van der Waals surface area contributed by atoms with Gasteiger partial charge in [0.25, 0.3) is 0 Å². The lowest BCUT2D eigenvalue weighted by atomic mass is 9.63. The second kappa shape index (κ2) is 8.70. The zero-order valence-corrected chi connectivity index (χ0v) is 13.7. The quantitative estimate of drug-likeness (QED) is 0.483. The Kier molecular flexibility index (Phi) is 6.90. The second-order valence-electron chi connectivity index (χ2n) is 7.17. The largest absolute Gasteiger partial charge is 0.0917 e. The predicted molar refractivity (Wildman–Crippen MR) is 89.8 cm³/mol. The van der Waals surface area contributed by atoms with E-state index in [2.05, 4.69) is 38.2 Å². The maximum Gasteiger partial charge on any atom is -0.0348 e. The van der Waals surface area contributed by atoms with E-state index < -0.39 is 0 Å². The minimum absolute atomic E-state index is 1.03. The van der Waals surface area contributed by atoms with E-state index in [1.54, 1.807) is 12.8 Å². The Labute approximate surface area is 126 Å². The van der Waals surface area contributed by atoms with Crippen LogP contribution in [0.3, 0.4) is 0 Å². The normalized spacial score (nSPS) is 34.7. The third-order valence-electron chi connectivity index (χ3n) is 5.78. The molecule has 0 radical (unpaired) electrons. The topological polar surface area (TPSA) is 0 Å². The van der Waals surface area contributed by atoms with Gasteiger partial charge in [0.1, 0.15) is 0 Å². The summed E-state index contributed by atoms with van der Waals surface area (Å²) in [6.45, 7) is 4.29. The van der Waals surface area contributed by atoms with Gasteiger partial charge in [-0.25, -0.2) is 0 Å². The highest BCUT2D eigenvalue weighted by Gasteiger charge is 2.34. The number of rotatable bonds is 6. The van der Waals surface area contributed by atoms with Crippen molar-refractivity contribution in [3.05, 3.63) is 24.3 Å². The van der Waals surface area contributed by atoms with Crippen molar-refractivity contribution < 1.29 is 0 Å². The lowest BCUT2D eigenvalue weighted by molar-refractivity contribution is 0.0929. The summed E-state index contributed by atoms with van der Waals surface area (Å²) in [6.07, 6.45) is 23.8. The molecule has 2 aliphatic carbocycles. The summed E-state index contributed by atoms with van der Waals surface area (Å²) in [5.41, 5.74) is 0. The minimum atomic E-state index is 1.03. The number of allylic oxidation sites excluding steroid dienone is 4. The third-order valence-corrected chi connectivity index (χ3v) is 5.78. The first-order chi connectivity index (χ1) is 9.83. The van der Waals surface area contributed by atoms with Crippen LogP contribution in [-0.2, 0) is 0 Å². The van der Waals surface area contributed by atoms with E-state index >= 15 is 0 Å². The molecule has 114 valence electrons. The van der Waals surface area contributed by atoms with E-state index in [0.717, 1.165) is 23.7 Å².